The fourth-order valence-corrected chi connectivity index (χ4v) is 7.73. The molecule has 3 aromatic carbocycles. The number of aromatic carboxylic acids is 1. The molecule has 22 heteroatoms. The number of aromatic amines is 3. The molecule has 378 valence electrons. The summed E-state index contributed by atoms with van der Waals surface area (Å²) >= 11 is 6.42. The van der Waals surface area contributed by atoms with Gasteiger partial charge in [0.1, 0.15) is 11.7 Å². The zero-order chi connectivity index (χ0) is 52.2. The normalized spacial score (nSPS) is 13.5. The molecule has 8 N–H and O–H groups in total. The van der Waals surface area contributed by atoms with Gasteiger partial charge in [-0.25, -0.2) is 24.0 Å². The van der Waals surface area contributed by atoms with E-state index in [0.29, 0.717) is 53.0 Å². The fraction of sp³-hybridized carbons (Fsp3) is 0.347. The lowest BCUT2D eigenvalue weighted by molar-refractivity contribution is -0.153. The Balaban J connectivity index is 0.000000256. The highest BCUT2D eigenvalue weighted by Crippen LogP contribution is 2.42. The largest absolute Gasteiger partial charge is 0.480 e. The smallest absolute Gasteiger partial charge is 0.352 e. The Labute approximate surface area is 413 Å². The number of nitrogens with one attached hydrogen (secondary N) is 4. The Bertz CT molecular complexity index is 2780. The third-order valence-corrected chi connectivity index (χ3v) is 11.0. The van der Waals surface area contributed by atoms with Crippen molar-refractivity contribution in [3.8, 4) is 22.5 Å². The third kappa shape index (κ3) is 15.4. The lowest BCUT2D eigenvalue weighted by Gasteiger charge is -2.32. The van der Waals surface area contributed by atoms with Crippen LogP contribution in [-0.4, -0.2) is 115 Å². The quantitative estimate of drug-likeness (QED) is 0.0413. The van der Waals surface area contributed by atoms with Crippen molar-refractivity contribution in [2.24, 2.45) is 11.7 Å². The number of rotatable bonds is 19. The van der Waals surface area contributed by atoms with Gasteiger partial charge in [0, 0.05) is 41.9 Å². The molecule has 1 amide bonds. The summed E-state index contributed by atoms with van der Waals surface area (Å²) in [6.45, 7) is 10.3. The van der Waals surface area contributed by atoms with E-state index in [1.54, 1.807) is 38.1 Å². The second-order valence-corrected chi connectivity index (χ2v) is 16.4. The van der Waals surface area contributed by atoms with Crippen LogP contribution in [-0.2, 0) is 39.9 Å². The van der Waals surface area contributed by atoms with Crippen molar-refractivity contribution >= 4 is 41.4 Å². The highest BCUT2D eigenvalue weighted by atomic mass is 35.5. The van der Waals surface area contributed by atoms with Crippen LogP contribution >= 0.6 is 11.6 Å². The van der Waals surface area contributed by atoms with Crippen LogP contribution in [0.2, 0.25) is 5.02 Å². The van der Waals surface area contributed by atoms with E-state index in [4.69, 9.17) is 36.7 Å². The van der Waals surface area contributed by atoms with Crippen molar-refractivity contribution in [3.05, 3.63) is 144 Å². The number of aromatic nitrogens is 6. The molecule has 1 aliphatic rings. The summed E-state index contributed by atoms with van der Waals surface area (Å²) in [4.78, 5) is 86.6. The molecular weight excluding hydrogens is 942 g/mol. The molecular formula is C49H58ClN9O12. The van der Waals surface area contributed by atoms with E-state index in [9.17, 15) is 38.7 Å². The van der Waals surface area contributed by atoms with E-state index in [2.05, 4.69) is 25.9 Å². The van der Waals surface area contributed by atoms with Gasteiger partial charge in [-0.3, -0.25) is 14.6 Å². The monoisotopic (exact) mass is 999 g/mol. The lowest BCUT2D eigenvalue weighted by atomic mass is 9.80. The van der Waals surface area contributed by atoms with Gasteiger partial charge in [0.15, 0.2) is 0 Å². The maximum absolute atomic E-state index is 12.9. The number of ether oxygens (including phenoxy) is 3. The van der Waals surface area contributed by atoms with Crippen LogP contribution in [0.1, 0.15) is 81.4 Å². The first-order valence-electron chi connectivity index (χ1n) is 22.5. The number of amides is 1. The highest BCUT2D eigenvalue weighted by molar-refractivity contribution is 6.31. The Kier molecular flexibility index (Phi) is 21.6. The number of nitrogens with two attached hydrogens (primary N) is 1. The van der Waals surface area contributed by atoms with Gasteiger partial charge in [0.05, 0.1) is 49.7 Å². The zero-order valence-corrected chi connectivity index (χ0v) is 40.9. The van der Waals surface area contributed by atoms with E-state index >= 15 is 0 Å². The topological polar surface area (TPSA) is 315 Å². The minimum atomic E-state index is -1.34. The number of benzene rings is 3. The first kappa shape index (κ1) is 55.8. The molecule has 0 bridgehead atoms. The van der Waals surface area contributed by atoms with Gasteiger partial charge in [-0.05, 0) is 59.7 Å². The van der Waals surface area contributed by atoms with E-state index in [1.807, 2.05) is 79.3 Å². The third-order valence-electron chi connectivity index (χ3n) is 10.7. The van der Waals surface area contributed by atoms with E-state index in [-0.39, 0.29) is 37.2 Å². The summed E-state index contributed by atoms with van der Waals surface area (Å²) in [5.41, 5.74) is 9.39. The van der Waals surface area contributed by atoms with Crippen molar-refractivity contribution < 1.29 is 48.4 Å². The van der Waals surface area contributed by atoms with Crippen LogP contribution in [0.4, 0.5) is 0 Å². The van der Waals surface area contributed by atoms with E-state index in [0.717, 1.165) is 41.2 Å². The number of tetrazole rings is 1. The van der Waals surface area contributed by atoms with Crippen LogP contribution in [0.5, 0.6) is 0 Å². The van der Waals surface area contributed by atoms with Crippen molar-refractivity contribution in [1.82, 2.24) is 40.8 Å². The van der Waals surface area contributed by atoms with Crippen LogP contribution in [0, 0.1) is 5.92 Å². The first-order chi connectivity index (χ1) is 34.0. The maximum atomic E-state index is 12.9. The Morgan fingerprint density at radius 2 is 1.58 bits per heavy atom. The maximum Gasteiger partial charge on any atom is 0.352 e. The highest BCUT2D eigenvalue weighted by Gasteiger charge is 2.40. The minimum Gasteiger partial charge on any atom is -0.480 e. The predicted octanol–water partition coefficient (Wildman–Crippen LogP) is 5.19. The van der Waals surface area contributed by atoms with Gasteiger partial charge in [-0.15, -0.1) is 10.2 Å². The standard InChI is InChI=1S/C24H29N5O3.C20H25ClN2O5.C5H4N2O4/c1-4-5-10-21(30)29(22(16(2)3)24(31)32)15-17-11-13-18(14-12-17)19-8-6-7-9-20(19)23-25-27-28-26-23;1-4-28-20(25)18-15(11-27-10-9-22)23-12(2)16(19(24)26-3)17(18)13-7-5-6-8-14(13)21;8-3-1-2(4(9)10)6-5(11)7-3/h6-9,11-14,16,22H,4-5,10,15H2,1-3H3,(H,31,32)(H,25,26,27,28);5-8,17,23H,4,9-11,22H2,1-3H3;1H,(H,9,10)(H2,6,7,8,11)/t22-;;/m0../s1. The van der Waals surface area contributed by atoms with Crippen molar-refractivity contribution in [2.75, 3.05) is 33.5 Å². The molecule has 5 aromatic rings. The number of aliphatic carboxylic acids is 1. The van der Waals surface area contributed by atoms with E-state index in [1.165, 1.54) is 12.0 Å². The summed E-state index contributed by atoms with van der Waals surface area (Å²) in [7, 11) is 1.29. The molecule has 3 heterocycles. The predicted molar refractivity (Wildman–Crippen MR) is 262 cm³/mol. The Morgan fingerprint density at radius 3 is 2.14 bits per heavy atom. The van der Waals surface area contributed by atoms with Crippen molar-refractivity contribution in [2.45, 2.75) is 72.4 Å². The molecule has 1 aliphatic heterocycles. The number of dihydropyridines is 1. The van der Waals surface area contributed by atoms with Crippen LogP contribution in [0.15, 0.2) is 111 Å². The second kappa shape index (κ2) is 27.4. The van der Waals surface area contributed by atoms with Gasteiger partial charge in [-0.1, -0.05) is 106 Å². The summed E-state index contributed by atoms with van der Waals surface area (Å²) in [6.07, 6.45) is 1.97. The van der Waals surface area contributed by atoms with Crippen LogP contribution in [0.25, 0.3) is 22.5 Å². The lowest BCUT2D eigenvalue weighted by Crippen LogP contribution is -2.47. The molecule has 6 rings (SSSR count). The SMILES string of the molecule is CCCCC(=O)N(Cc1ccc(-c2ccccc2-c2nn[nH]n2)cc1)[C@H](C(=O)O)C(C)C.CCOC(=O)C1=C(COCCN)NC(C)=C(C(=O)OC)C1c1ccccc1Cl.O=C(O)c1cc(=O)[nH]c(=O)[nH]1. The molecule has 1 unspecified atom stereocenters. The number of hydrogen-bond donors (Lipinski definition) is 7. The fourth-order valence-electron chi connectivity index (χ4n) is 7.49. The summed E-state index contributed by atoms with van der Waals surface area (Å²) in [6, 6.07) is 22.6. The molecule has 0 radical (unpaired) electrons. The number of carboxylic acid groups (broad SMARTS) is 2. The number of unbranched alkanes of at least 4 members (excludes halogenated alkanes) is 1. The first-order valence-corrected chi connectivity index (χ1v) is 22.8. The van der Waals surface area contributed by atoms with Gasteiger partial charge >= 0.3 is 29.6 Å². The van der Waals surface area contributed by atoms with Crippen molar-refractivity contribution in [3.63, 3.8) is 0 Å². The summed E-state index contributed by atoms with van der Waals surface area (Å²) in [5, 5.41) is 35.9. The molecule has 2 aromatic heterocycles. The number of nitrogens with zero attached hydrogens (tertiary/aromatic N) is 4. The Hall–Kier alpha value is -7.75. The van der Waals surface area contributed by atoms with Crippen LogP contribution < -0.4 is 22.3 Å². The van der Waals surface area contributed by atoms with Gasteiger partial charge < -0.3 is 45.4 Å². The van der Waals surface area contributed by atoms with Gasteiger partial charge in [0.2, 0.25) is 11.7 Å². The molecule has 0 aliphatic carbocycles. The molecule has 0 fully saturated rings. The molecule has 0 saturated heterocycles. The average Bonchev–Trinajstić information content (AvgIpc) is 3.88. The number of carbonyl (C=O) groups is 5. The molecule has 2 atom stereocenters. The number of allylic oxidation sites excluding steroid dienone is 1. The van der Waals surface area contributed by atoms with Crippen molar-refractivity contribution in [1.29, 1.82) is 0 Å². The zero-order valence-electron chi connectivity index (χ0n) is 40.1. The summed E-state index contributed by atoms with van der Waals surface area (Å²) < 4.78 is 15.8. The summed E-state index contributed by atoms with van der Waals surface area (Å²) in [5.74, 6) is -3.99. The molecule has 71 heavy (non-hydrogen) atoms. The number of esters is 2. The Morgan fingerprint density at radius 1 is 0.901 bits per heavy atom. The number of carboxylic acids is 2. The average molecular weight is 1000 g/mol. The number of methoxy groups -OCH3 is 1. The second-order valence-electron chi connectivity index (χ2n) is 16.0. The van der Waals surface area contributed by atoms with E-state index < -0.39 is 52.8 Å². The molecule has 0 spiro atoms. The van der Waals surface area contributed by atoms with Gasteiger partial charge in [-0.2, -0.15) is 5.21 Å². The number of halogens is 1. The minimum absolute atomic E-state index is 0.109. The number of H-pyrrole nitrogens is 3. The molecule has 0 saturated carbocycles. The number of hydrogen-bond acceptors (Lipinski definition) is 15. The molecule has 21 nitrogen and oxygen atoms in total. The van der Waals surface area contributed by atoms with Crippen LogP contribution in [0.3, 0.4) is 0 Å². The van der Waals surface area contributed by atoms with Gasteiger partial charge in [0.25, 0.3) is 5.56 Å². The number of carbonyl (C=O) groups excluding carboxylic acids is 3.